The Morgan fingerprint density at radius 3 is 2.62 bits per heavy atom. The highest BCUT2D eigenvalue weighted by molar-refractivity contribution is 7.80. The van der Waals surface area contributed by atoms with Gasteiger partial charge in [-0.15, -0.1) is 0 Å². The first-order chi connectivity index (χ1) is 11.6. The highest BCUT2D eigenvalue weighted by Gasteiger charge is 2.19. The molecule has 1 aromatic carbocycles. The SMILES string of the molecule is O=C(NC(=S)N1CCCCC1)c1ccc(-c2cccc(Cl)c2Cl)o1. The normalized spacial score (nSPS) is 14.5. The summed E-state index contributed by atoms with van der Waals surface area (Å²) in [7, 11) is 0. The number of carbonyl (C=O) groups excluding carboxylic acids is 1. The summed E-state index contributed by atoms with van der Waals surface area (Å²) in [5, 5.41) is 3.99. The van der Waals surface area contributed by atoms with Gasteiger partial charge in [-0.2, -0.15) is 0 Å². The second-order valence-corrected chi connectivity index (χ2v) is 6.74. The van der Waals surface area contributed by atoms with E-state index in [1.807, 2.05) is 4.90 Å². The number of nitrogens with zero attached hydrogens (tertiary/aromatic N) is 1. The van der Waals surface area contributed by atoms with Crippen molar-refractivity contribution in [2.45, 2.75) is 19.3 Å². The minimum absolute atomic E-state index is 0.181. The van der Waals surface area contributed by atoms with Crippen LogP contribution in [0.2, 0.25) is 10.0 Å². The van der Waals surface area contributed by atoms with Crippen molar-refractivity contribution < 1.29 is 9.21 Å². The molecule has 0 saturated carbocycles. The van der Waals surface area contributed by atoms with Gasteiger partial charge in [-0.3, -0.25) is 10.1 Å². The summed E-state index contributed by atoms with van der Waals surface area (Å²) >= 11 is 17.5. The Morgan fingerprint density at radius 1 is 1.12 bits per heavy atom. The van der Waals surface area contributed by atoms with E-state index in [9.17, 15) is 4.79 Å². The average molecular weight is 383 g/mol. The Labute approximate surface area is 155 Å². The second-order valence-electron chi connectivity index (χ2n) is 5.57. The number of halogens is 2. The number of amides is 1. The zero-order valence-corrected chi connectivity index (χ0v) is 15.2. The fourth-order valence-electron chi connectivity index (χ4n) is 2.63. The summed E-state index contributed by atoms with van der Waals surface area (Å²) in [4.78, 5) is 14.3. The molecule has 1 saturated heterocycles. The maximum Gasteiger partial charge on any atom is 0.293 e. The molecule has 0 radical (unpaired) electrons. The molecule has 126 valence electrons. The summed E-state index contributed by atoms with van der Waals surface area (Å²) in [5.74, 6) is 0.298. The zero-order valence-electron chi connectivity index (χ0n) is 12.9. The number of piperidine rings is 1. The van der Waals surface area contributed by atoms with Crippen LogP contribution in [0.25, 0.3) is 11.3 Å². The summed E-state index contributed by atoms with van der Waals surface area (Å²) in [5.41, 5.74) is 0.641. The van der Waals surface area contributed by atoms with E-state index in [1.165, 1.54) is 6.42 Å². The Balaban J connectivity index is 1.72. The van der Waals surface area contributed by atoms with Crippen molar-refractivity contribution in [2.24, 2.45) is 0 Å². The van der Waals surface area contributed by atoms with Crippen molar-refractivity contribution in [3.8, 4) is 11.3 Å². The minimum atomic E-state index is -0.366. The number of thiocarbonyl (C=S) groups is 1. The number of rotatable bonds is 2. The smallest absolute Gasteiger partial charge is 0.293 e. The van der Waals surface area contributed by atoms with E-state index in [1.54, 1.807) is 30.3 Å². The van der Waals surface area contributed by atoms with E-state index in [0.717, 1.165) is 25.9 Å². The van der Waals surface area contributed by atoms with Crippen molar-refractivity contribution in [1.82, 2.24) is 10.2 Å². The van der Waals surface area contributed by atoms with Gasteiger partial charge in [0.2, 0.25) is 0 Å². The van der Waals surface area contributed by atoms with Gasteiger partial charge in [0.05, 0.1) is 10.0 Å². The van der Waals surface area contributed by atoms with Crippen LogP contribution >= 0.6 is 35.4 Å². The standard InChI is InChI=1S/C17H16Cl2N2O2S/c18-12-6-4-5-11(15(12)19)13-7-8-14(23-13)16(22)20-17(24)21-9-2-1-3-10-21/h4-8H,1-3,9-10H2,(H,20,22,24). The van der Waals surface area contributed by atoms with Crippen molar-refractivity contribution in [3.63, 3.8) is 0 Å². The topological polar surface area (TPSA) is 45.5 Å². The highest BCUT2D eigenvalue weighted by atomic mass is 35.5. The summed E-state index contributed by atoms with van der Waals surface area (Å²) in [6.45, 7) is 1.75. The predicted octanol–water partition coefficient (Wildman–Crippen LogP) is 4.75. The molecule has 1 N–H and O–H groups in total. The molecule has 0 aliphatic carbocycles. The Morgan fingerprint density at radius 2 is 1.88 bits per heavy atom. The molecule has 1 amide bonds. The number of likely N-dealkylation sites (tertiary alicyclic amines) is 1. The third-order valence-corrected chi connectivity index (χ3v) is 5.09. The molecule has 24 heavy (non-hydrogen) atoms. The highest BCUT2D eigenvalue weighted by Crippen LogP contribution is 2.34. The molecule has 1 fully saturated rings. The van der Waals surface area contributed by atoms with Crippen LogP contribution in [-0.2, 0) is 0 Å². The number of hydrogen-bond acceptors (Lipinski definition) is 3. The third-order valence-electron chi connectivity index (χ3n) is 3.91. The first-order valence-corrected chi connectivity index (χ1v) is 8.87. The fourth-order valence-corrected chi connectivity index (χ4v) is 3.30. The molecule has 0 bridgehead atoms. The molecule has 1 aliphatic heterocycles. The minimum Gasteiger partial charge on any atom is -0.451 e. The summed E-state index contributed by atoms with van der Waals surface area (Å²) < 4.78 is 5.62. The lowest BCUT2D eigenvalue weighted by atomic mass is 10.1. The van der Waals surface area contributed by atoms with E-state index in [0.29, 0.717) is 26.5 Å². The van der Waals surface area contributed by atoms with Gasteiger partial charge in [0.25, 0.3) is 5.91 Å². The van der Waals surface area contributed by atoms with Crippen LogP contribution in [0.5, 0.6) is 0 Å². The molecule has 2 aromatic rings. The van der Waals surface area contributed by atoms with Crippen LogP contribution in [0.4, 0.5) is 0 Å². The monoisotopic (exact) mass is 382 g/mol. The van der Waals surface area contributed by atoms with E-state index in [2.05, 4.69) is 5.32 Å². The number of carbonyl (C=O) groups is 1. The maximum absolute atomic E-state index is 12.3. The molecule has 2 heterocycles. The predicted molar refractivity (Wildman–Crippen MR) is 99.7 cm³/mol. The lowest BCUT2D eigenvalue weighted by Crippen LogP contribution is -2.44. The van der Waals surface area contributed by atoms with Crippen LogP contribution in [0.3, 0.4) is 0 Å². The molecular formula is C17H16Cl2N2O2S. The van der Waals surface area contributed by atoms with Gasteiger partial charge in [0.1, 0.15) is 5.76 Å². The zero-order chi connectivity index (χ0) is 17.1. The quantitative estimate of drug-likeness (QED) is 0.760. The van der Waals surface area contributed by atoms with Crippen LogP contribution < -0.4 is 5.32 Å². The van der Waals surface area contributed by atoms with Crippen LogP contribution in [0.1, 0.15) is 29.8 Å². The van der Waals surface area contributed by atoms with Crippen LogP contribution in [-0.4, -0.2) is 29.0 Å². The summed E-state index contributed by atoms with van der Waals surface area (Å²) in [6, 6.07) is 8.54. The molecule has 3 rings (SSSR count). The van der Waals surface area contributed by atoms with E-state index < -0.39 is 0 Å². The van der Waals surface area contributed by atoms with Gasteiger partial charge in [0, 0.05) is 18.7 Å². The molecule has 0 unspecified atom stereocenters. The molecular weight excluding hydrogens is 367 g/mol. The maximum atomic E-state index is 12.3. The first kappa shape index (κ1) is 17.3. The van der Waals surface area contributed by atoms with E-state index in [4.69, 9.17) is 39.8 Å². The molecule has 4 nitrogen and oxygen atoms in total. The molecule has 0 spiro atoms. The largest absolute Gasteiger partial charge is 0.451 e. The first-order valence-electron chi connectivity index (χ1n) is 7.71. The number of furan rings is 1. The van der Waals surface area contributed by atoms with E-state index in [-0.39, 0.29) is 11.7 Å². The Kier molecular flexibility index (Phi) is 5.43. The van der Waals surface area contributed by atoms with Gasteiger partial charge < -0.3 is 9.32 Å². The molecule has 1 aromatic heterocycles. The molecule has 0 atom stereocenters. The number of nitrogens with one attached hydrogen (secondary N) is 1. The van der Waals surface area contributed by atoms with Gasteiger partial charge in [-0.05, 0) is 55.7 Å². The summed E-state index contributed by atoms with van der Waals surface area (Å²) in [6.07, 6.45) is 3.39. The van der Waals surface area contributed by atoms with Gasteiger partial charge in [-0.25, -0.2) is 0 Å². The third kappa shape index (κ3) is 3.74. The van der Waals surface area contributed by atoms with E-state index >= 15 is 0 Å². The van der Waals surface area contributed by atoms with Gasteiger partial charge in [0.15, 0.2) is 10.9 Å². The van der Waals surface area contributed by atoms with Gasteiger partial charge in [-0.1, -0.05) is 29.3 Å². The van der Waals surface area contributed by atoms with Crippen molar-refractivity contribution in [3.05, 3.63) is 46.1 Å². The van der Waals surface area contributed by atoms with Crippen LogP contribution in [0.15, 0.2) is 34.7 Å². The Hall–Kier alpha value is -1.56. The van der Waals surface area contributed by atoms with Gasteiger partial charge >= 0.3 is 0 Å². The lowest BCUT2D eigenvalue weighted by Gasteiger charge is -2.28. The lowest BCUT2D eigenvalue weighted by molar-refractivity contribution is 0.0946. The second kappa shape index (κ2) is 7.55. The molecule has 1 aliphatic rings. The van der Waals surface area contributed by atoms with Crippen molar-refractivity contribution >= 4 is 46.4 Å². The number of benzene rings is 1. The van der Waals surface area contributed by atoms with Crippen molar-refractivity contribution in [1.29, 1.82) is 0 Å². The number of hydrogen-bond donors (Lipinski definition) is 1. The fraction of sp³-hybridized carbons (Fsp3) is 0.294. The average Bonchev–Trinajstić information content (AvgIpc) is 3.08. The molecule has 7 heteroatoms. The van der Waals surface area contributed by atoms with Crippen LogP contribution in [0, 0.1) is 0 Å². The van der Waals surface area contributed by atoms with Crippen molar-refractivity contribution in [2.75, 3.05) is 13.1 Å². The Bertz CT molecular complexity index is 770.